The van der Waals surface area contributed by atoms with Crippen LogP contribution in [0.4, 0.5) is 10.9 Å². The van der Waals surface area contributed by atoms with Gasteiger partial charge in [0.1, 0.15) is 5.82 Å². The molecule has 0 atom stereocenters. The fourth-order valence-electron chi connectivity index (χ4n) is 4.69. The summed E-state index contributed by atoms with van der Waals surface area (Å²) in [6.07, 6.45) is 2.97. The molecule has 0 unspecified atom stereocenters. The topological polar surface area (TPSA) is 85.2 Å². The molecule has 0 aliphatic rings. The first-order chi connectivity index (χ1) is 17.3. The van der Waals surface area contributed by atoms with Gasteiger partial charge in [0.25, 0.3) is 0 Å². The molecule has 1 aromatic carbocycles. The van der Waals surface area contributed by atoms with Gasteiger partial charge in [0.15, 0.2) is 10.8 Å². The Balaban J connectivity index is 1.54. The molecule has 5 aromatic rings. The molecule has 0 saturated heterocycles. The molecular weight excluding hydrogens is 466 g/mol. The van der Waals surface area contributed by atoms with Crippen molar-refractivity contribution in [3.63, 3.8) is 0 Å². The minimum atomic E-state index is 0.589. The van der Waals surface area contributed by atoms with Crippen LogP contribution in [0.15, 0.2) is 48.0 Å². The first kappa shape index (κ1) is 23.9. The standard InChI is InChI=1S/C28H31N7S/c1-6-11-34(15-21-7-9-22(10-8-21)24-16-36-28(29)32-24)25-13-19(4)31-27-26(20(5)33-35(25)27)23-14-30-18(3)12-17(23)2/h7-10,12-14,16H,6,11,15H2,1-5H3,(H2,29,32). The Kier molecular flexibility index (Phi) is 6.45. The van der Waals surface area contributed by atoms with Crippen LogP contribution in [0.5, 0.6) is 0 Å². The monoisotopic (exact) mass is 497 g/mol. The number of aryl methyl sites for hydroxylation is 4. The number of aromatic nitrogens is 5. The Morgan fingerprint density at radius 3 is 2.44 bits per heavy atom. The molecule has 7 nitrogen and oxygen atoms in total. The van der Waals surface area contributed by atoms with Gasteiger partial charge in [-0.3, -0.25) is 4.98 Å². The minimum Gasteiger partial charge on any atom is -0.375 e. The van der Waals surface area contributed by atoms with Gasteiger partial charge in [0.05, 0.1) is 17.0 Å². The van der Waals surface area contributed by atoms with Gasteiger partial charge in [-0.1, -0.05) is 31.2 Å². The van der Waals surface area contributed by atoms with E-state index in [1.165, 1.54) is 22.5 Å². The third-order valence-electron chi connectivity index (χ3n) is 6.35. The van der Waals surface area contributed by atoms with Crippen molar-refractivity contribution in [2.24, 2.45) is 0 Å². The summed E-state index contributed by atoms with van der Waals surface area (Å²) in [4.78, 5) is 16.3. The van der Waals surface area contributed by atoms with Gasteiger partial charge in [0.2, 0.25) is 0 Å². The highest BCUT2D eigenvalue weighted by molar-refractivity contribution is 7.13. The number of nitrogens with two attached hydrogens (primary N) is 1. The number of hydrogen-bond acceptors (Lipinski definition) is 7. The van der Waals surface area contributed by atoms with Crippen LogP contribution in [0, 0.1) is 27.7 Å². The number of pyridine rings is 1. The molecule has 8 heteroatoms. The quantitative estimate of drug-likeness (QED) is 0.290. The predicted octanol–water partition coefficient (Wildman–Crippen LogP) is 6.15. The smallest absolute Gasteiger partial charge is 0.180 e. The van der Waals surface area contributed by atoms with Gasteiger partial charge in [-0.05, 0) is 51.3 Å². The van der Waals surface area contributed by atoms with Crippen LogP contribution in [0.2, 0.25) is 0 Å². The number of benzene rings is 1. The molecule has 4 heterocycles. The van der Waals surface area contributed by atoms with E-state index in [1.807, 2.05) is 29.9 Å². The molecule has 0 saturated carbocycles. The fraction of sp³-hybridized carbons (Fsp3) is 0.286. The molecular formula is C28H31N7S. The maximum Gasteiger partial charge on any atom is 0.180 e. The minimum absolute atomic E-state index is 0.589. The second-order valence-electron chi connectivity index (χ2n) is 9.28. The lowest BCUT2D eigenvalue weighted by molar-refractivity contribution is 0.728. The zero-order valence-electron chi connectivity index (χ0n) is 21.4. The molecule has 0 aliphatic heterocycles. The molecule has 184 valence electrons. The van der Waals surface area contributed by atoms with Crippen LogP contribution in [0.1, 0.15) is 41.6 Å². The van der Waals surface area contributed by atoms with Crippen LogP contribution < -0.4 is 10.6 Å². The Morgan fingerprint density at radius 1 is 1.00 bits per heavy atom. The molecule has 0 fully saturated rings. The third kappa shape index (κ3) is 4.56. The SMILES string of the molecule is CCCN(Cc1ccc(-c2csc(N)n2)cc1)c1cc(C)nc2c(-c3cnc(C)cc3C)c(C)nn12. The summed E-state index contributed by atoms with van der Waals surface area (Å²) in [7, 11) is 0. The molecule has 0 amide bonds. The van der Waals surface area contributed by atoms with Crippen LogP contribution in [0.3, 0.4) is 0 Å². The maximum atomic E-state index is 5.82. The van der Waals surface area contributed by atoms with E-state index >= 15 is 0 Å². The van der Waals surface area contributed by atoms with Crippen molar-refractivity contribution in [2.75, 3.05) is 17.2 Å². The van der Waals surface area contributed by atoms with E-state index in [0.717, 1.165) is 70.4 Å². The number of nitrogen functional groups attached to an aromatic ring is 1. The number of nitrogens with zero attached hydrogens (tertiary/aromatic N) is 6. The Hall–Kier alpha value is -3.78. The average molecular weight is 498 g/mol. The zero-order valence-corrected chi connectivity index (χ0v) is 22.2. The number of fused-ring (bicyclic) bond motifs is 1. The molecule has 36 heavy (non-hydrogen) atoms. The first-order valence-corrected chi connectivity index (χ1v) is 13.1. The third-order valence-corrected chi connectivity index (χ3v) is 7.03. The predicted molar refractivity (Wildman–Crippen MR) is 148 cm³/mol. The summed E-state index contributed by atoms with van der Waals surface area (Å²) in [5, 5.41) is 7.54. The molecule has 2 N–H and O–H groups in total. The lowest BCUT2D eigenvalue weighted by Crippen LogP contribution is -2.26. The molecule has 0 radical (unpaired) electrons. The summed E-state index contributed by atoms with van der Waals surface area (Å²) >= 11 is 1.46. The van der Waals surface area contributed by atoms with Crippen molar-refractivity contribution < 1.29 is 0 Å². The van der Waals surface area contributed by atoms with Gasteiger partial charge in [0, 0.05) is 53.2 Å². The highest BCUT2D eigenvalue weighted by Crippen LogP contribution is 2.33. The van der Waals surface area contributed by atoms with Crippen LogP contribution in [-0.2, 0) is 6.54 Å². The van der Waals surface area contributed by atoms with E-state index in [9.17, 15) is 0 Å². The molecule has 0 spiro atoms. The van der Waals surface area contributed by atoms with E-state index < -0.39 is 0 Å². The summed E-state index contributed by atoms with van der Waals surface area (Å²) < 4.78 is 2.00. The van der Waals surface area contributed by atoms with Gasteiger partial charge < -0.3 is 10.6 Å². The second kappa shape index (κ2) is 9.70. The van der Waals surface area contributed by atoms with E-state index in [-0.39, 0.29) is 0 Å². The van der Waals surface area contributed by atoms with E-state index in [4.69, 9.17) is 15.8 Å². The van der Waals surface area contributed by atoms with Gasteiger partial charge in [-0.2, -0.15) is 9.61 Å². The summed E-state index contributed by atoms with van der Waals surface area (Å²) in [6, 6.07) is 12.8. The van der Waals surface area contributed by atoms with E-state index in [2.05, 4.69) is 72.0 Å². The lowest BCUT2D eigenvalue weighted by atomic mass is 10.0. The molecule has 0 aliphatic carbocycles. The number of hydrogen-bond donors (Lipinski definition) is 1. The molecule has 5 rings (SSSR count). The summed E-state index contributed by atoms with van der Waals surface area (Å²) in [5.74, 6) is 1.04. The van der Waals surface area contributed by atoms with Crippen LogP contribution in [-0.4, -0.2) is 31.1 Å². The van der Waals surface area contributed by atoms with Gasteiger partial charge >= 0.3 is 0 Å². The number of thiazole rings is 1. The van der Waals surface area contributed by atoms with E-state index in [1.54, 1.807) is 0 Å². The van der Waals surface area contributed by atoms with Crippen molar-refractivity contribution in [3.8, 4) is 22.4 Å². The van der Waals surface area contributed by atoms with Crippen molar-refractivity contribution in [3.05, 3.63) is 76.2 Å². The van der Waals surface area contributed by atoms with E-state index in [0.29, 0.717) is 5.13 Å². The Bertz CT molecular complexity index is 1530. The largest absolute Gasteiger partial charge is 0.375 e. The Morgan fingerprint density at radius 2 is 1.78 bits per heavy atom. The number of rotatable bonds is 7. The number of anilines is 2. The first-order valence-electron chi connectivity index (χ1n) is 12.2. The normalized spacial score (nSPS) is 11.4. The van der Waals surface area contributed by atoms with Crippen LogP contribution >= 0.6 is 11.3 Å². The fourth-order valence-corrected chi connectivity index (χ4v) is 5.26. The molecule has 0 bridgehead atoms. The van der Waals surface area contributed by atoms with Crippen molar-refractivity contribution in [2.45, 2.75) is 47.6 Å². The van der Waals surface area contributed by atoms with Gasteiger partial charge in [-0.15, -0.1) is 11.3 Å². The average Bonchev–Trinajstić information content (AvgIpc) is 3.42. The second-order valence-corrected chi connectivity index (χ2v) is 10.2. The highest BCUT2D eigenvalue weighted by atomic mass is 32.1. The summed E-state index contributed by atoms with van der Waals surface area (Å²) in [5.41, 5.74) is 16.1. The maximum absolute atomic E-state index is 5.82. The van der Waals surface area contributed by atoms with Crippen molar-refractivity contribution in [1.82, 2.24) is 24.6 Å². The Labute approximate surface area is 215 Å². The summed E-state index contributed by atoms with van der Waals surface area (Å²) in [6.45, 7) is 12.1. The van der Waals surface area contributed by atoms with Gasteiger partial charge in [-0.25, -0.2) is 9.97 Å². The van der Waals surface area contributed by atoms with Crippen molar-refractivity contribution in [1.29, 1.82) is 0 Å². The van der Waals surface area contributed by atoms with Crippen LogP contribution in [0.25, 0.3) is 28.0 Å². The molecule has 4 aromatic heterocycles. The highest BCUT2D eigenvalue weighted by Gasteiger charge is 2.20. The lowest BCUT2D eigenvalue weighted by Gasteiger charge is -2.25. The van der Waals surface area contributed by atoms with Crippen molar-refractivity contribution >= 4 is 27.9 Å². The zero-order chi connectivity index (χ0) is 25.4.